The fraction of sp³-hybridized carbons (Fsp3) is 0.125. The summed E-state index contributed by atoms with van der Waals surface area (Å²) < 4.78 is 14.5. The van der Waals surface area contributed by atoms with Crippen LogP contribution in [0.5, 0.6) is 11.5 Å². The van der Waals surface area contributed by atoms with E-state index in [0.717, 1.165) is 39.8 Å². The molecule has 3 aromatic carbocycles. The molecule has 0 saturated heterocycles. The van der Waals surface area contributed by atoms with E-state index in [2.05, 4.69) is 0 Å². The molecule has 4 aromatic rings. The molecule has 0 amide bonds. The molecular weight excluding hydrogens is 426 g/mol. The lowest BCUT2D eigenvalue weighted by Crippen LogP contribution is -2.32. The van der Waals surface area contributed by atoms with Crippen LogP contribution in [0.3, 0.4) is 0 Å². The normalized spacial score (nSPS) is 10.7. The zero-order valence-electron chi connectivity index (χ0n) is 17.8. The molecule has 7 nitrogen and oxygen atoms in total. The minimum Gasteiger partial charge on any atom is -0.733 e. The van der Waals surface area contributed by atoms with Gasteiger partial charge in [0, 0.05) is 22.7 Å². The molecule has 32 heavy (non-hydrogen) atoms. The van der Waals surface area contributed by atoms with Crippen molar-refractivity contribution < 1.29 is 19.0 Å². The van der Waals surface area contributed by atoms with Crippen molar-refractivity contribution in [1.29, 1.82) is 0 Å². The molecule has 0 fully saturated rings. The summed E-state index contributed by atoms with van der Waals surface area (Å²) in [5.41, 5.74) is 3.49. The number of non-ortho nitro benzene ring substituents is 1. The number of benzene rings is 3. The van der Waals surface area contributed by atoms with Crippen LogP contribution in [0.25, 0.3) is 28.3 Å². The second kappa shape index (κ2) is 8.68. The summed E-state index contributed by atoms with van der Waals surface area (Å²) >= 11 is 5.93. The number of ether oxygens (including phenoxy) is 2. The Kier molecular flexibility index (Phi) is 5.79. The summed E-state index contributed by atoms with van der Waals surface area (Å²) in [6.07, 6.45) is 0. The molecule has 0 N–H and O–H groups in total. The maximum atomic E-state index is 11.1. The first kappa shape index (κ1) is 21.3. The summed E-state index contributed by atoms with van der Waals surface area (Å²) in [7, 11) is 5.18. The second-order valence-corrected chi connectivity index (χ2v) is 7.49. The van der Waals surface area contributed by atoms with Crippen molar-refractivity contribution >= 4 is 18.3 Å². The van der Waals surface area contributed by atoms with E-state index in [1.807, 2.05) is 64.7 Å². The van der Waals surface area contributed by atoms with Crippen molar-refractivity contribution in [2.75, 3.05) is 14.2 Å². The van der Waals surface area contributed by atoms with Gasteiger partial charge in [0.1, 0.15) is 17.2 Å². The van der Waals surface area contributed by atoms with E-state index in [1.165, 1.54) is 12.1 Å². The number of hydrogen-bond acceptors (Lipinski definition) is 5. The molecule has 162 valence electrons. The molecule has 1 heterocycles. The minimum atomic E-state index is -0.409. The third-order valence-corrected chi connectivity index (χ3v) is 5.68. The molecule has 0 unspecified atom stereocenters. The first-order chi connectivity index (χ1) is 15.4. The van der Waals surface area contributed by atoms with Crippen molar-refractivity contribution in [3.05, 3.63) is 82.9 Å². The van der Waals surface area contributed by atoms with Gasteiger partial charge in [0.25, 0.3) is 11.5 Å². The summed E-state index contributed by atoms with van der Waals surface area (Å²) in [4.78, 5) is 10.7. The topological polar surface area (TPSA) is 70.4 Å². The van der Waals surface area contributed by atoms with Gasteiger partial charge in [0.05, 0.1) is 31.8 Å². The van der Waals surface area contributed by atoms with Crippen molar-refractivity contribution in [3.8, 4) is 39.8 Å². The molecule has 0 atom stereocenters. The molecule has 1 aromatic heterocycles. The van der Waals surface area contributed by atoms with E-state index in [-0.39, 0.29) is 5.69 Å². The van der Waals surface area contributed by atoms with Crippen LogP contribution >= 0.6 is 0 Å². The van der Waals surface area contributed by atoms with Gasteiger partial charge in [0.15, 0.2) is 5.69 Å². The maximum Gasteiger partial charge on any atom is 0.292 e. The quantitative estimate of drug-likeness (QED) is 0.189. The van der Waals surface area contributed by atoms with E-state index in [0.29, 0.717) is 5.03 Å². The fourth-order valence-corrected chi connectivity index (χ4v) is 4.14. The Morgan fingerprint density at radius 1 is 0.844 bits per heavy atom. The van der Waals surface area contributed by atoms with Crippen LogP contribution < -0.4 is 14.0 Å². The molecule has 0 aliphatic carbocycles. The third-order valence-electron chi connectivity index (χ3n) is 5.30. The van der Waals surface area contributed by atoms with Gasteiger partial charge in [0.2, 0.25) is 0 Å². The lowest BCUT2D eigenvalue weighted by atomic mass is 10.1. The number of methoxy groups -OCH3 is 2. The number of nitro benzene ring substituents is 1. The molecule has 4 rings (SSSR count). The Labute approximate surface area is 191 Å². The number of rotatable bonds is 6. The molecule has 0 aliphatic heterocycles. The van der Waals surface area contributed by atoms with Gasteiger partial charge >= 0.3 is 0 Å². The van der Waals surface area contributed by atoms with E-state index in [4.69, 9.17) is 22.1 Å². The summed E-state index contributed by atoms with van der Waals surface area (Å²) in [6.45, 7) is 0. The first-order valence-corrected chi connectivity index (χ1v) is 10.2. The molecule has 8 heteroatoms. The molecule has 0 radical (unpaired) electrons. The van der Waals surface area contributed by atoms with Gasteiger partial charge < -0.3 is 22.1 Å². The Morgan fingerprint density at radius 3 is 1.84 bits per heavy atom. The van der Waals surface area contributed by atoms with E-state index >= 15 is 0 Å². The van der Waals surface area contributed by atoms with Crippen LogP contribution in [-0.2, 0) is 19.7 Å². The number of hydrogen-bond donors (Lipinski definition) is 0. The number of imidazole rings is 1. The van der Waals surface area contributed by atoms with Crippen LogP contribution in [0.15, 0.2) is 77.8 Å². The summed E-state index contributed by atoms with van der Waals surface area (Å²) in [5.74, 6) is 2.30. The monoisotopic (exact) mass is 447 g/mol. The number of nitrogens with zero attached hydrogens (tertiary/aromatic N) is 3. The van der Waals surface area contributed by atoms with Gasteiger partial charge in [-0.1, -0.05) is 0 Å². The zero-order valence-corrected chi connectivity index (χ0v) is 18.6. The van der Waals surface area contributed by atoms with E-state index in [9.17, 15) is 10.1 Å². The SMILES string of the molecule is COc1ccc(-c2c([S-])n(-c3ccc(OC)cc3)c(-c3ccc([N+](=O)[O-])cc3)[n+]2C)cc1. The fourth-order valence-electron chi connectivity index (χ4n) is 3.69. The van der Waals surface area contributed by atoms with Gasteiger partial charge in [-0.2, -0.15) is 0 Å². The lowest BCUT2D eigenvalue weighted by molar-refractivity contribution is -0.649. The van der Waals surface area contributed by atoms with E-state index in [1.54, 1.807) is 26.4 Å². The van der Waals surface area contributed by atoms with Crippen molar-refractivity contribution in [3.63, 3.8) is 0 Å². The minimum absolute atomic E-state index is 0.0351. The average molecular weight is 448 g/mol. The third kappa shape index (κ3) is 3.76. The van der Waals surface area contributed by atoms with Crippen LogP contribution in [0.4, 0.5) is 5.69 Å². The Balaban J connectivity index is 1.95. The first-order valence-electron chi connectivity index (χ1n) is 9.80. The van der Waals surface area contributed by atoms with Crippen molar-refractivity contribution in [1.82, 2.24) is 4.57 Å². The maximum absolute atomic E-state index is 11.1. The van der Waals surface area contributed by atoms with Crippen LogP contribution in [0.2, 0.25) is 0 Å². The highest BCUT2D eigenvalue weighted by molar-refractivity contribution is 7.58. The number of aromatic nitrogens is 2. The average Bonchev–Trinajstić information content (AvgIpc) is 3.09. The highest BCUT2D eigenvalue weighted by Crippen LogP contribution is 2.32. The van der Waals surface area contributed by atoms with E-state index < -0.39 is 4.92 Å². The van der Waals surface area contributed by atoms with Gasteiger partial charge in [-0.25, -0.2) is 9.13 Å². The van der Waals surface area contributed by atoms with Crippen LogP contribution in [-0.4, -0.2) is 23.7 Å². The van der Waals surface area contributed by atoms with Crippen LogP contribution in [0, 0.1) is 10.1 Å². The van der Waals surface area contributed by atoms with Gasteiger partial charge in [-0.05, 0) is 60.7 Å². The molecule has 0 aliphatic rings. The zero-order chi connectivity index (χ0) is 22.8. The lowest BCUT2D eigenvalue weighted by Gasteiger charge is -2.10. The summed E-state index contributed by atoms with van der Waals surface area (Å²) in [5, 5.41) is 11.7. The Hall–Kier alpha value is -3.91. The van der Waals surface area contributed by atoms with Crippen molar-refractivity contribution in [2.45, 2.75) is 5.03 Å². The Morgan fingerprint density at radius 2 is 1.34 bits per heavy atom. The molecule has 0 bridgehead atoms. The van der Waals surface area contributed by atoms with Crippen LogP contribution in [0.1, 0.15) is 0 Å². The molecule has 0 saturated carbocycles. The number of nitro groups is 1. The predicted molar refractivity (Wildman–Crippen MR) is 123 cm³/mol. The Bertz CT molecular complexity index is 1260. The molecule has 0 spiro atoms. The predicted octanol–water partition coefficient (Wildman–Crippen LogP) is 4.47. The standard InChI is InChI=1S/C24H21N3O4S/c1-25-22(16-6-12-20(30-2)13-7-16)24(32)26(18-10-14-21(31-3)15-11-18)23(25)17-4-8-19(9-5-17)27(28)29/h4-15H,1-3H3. The second-order valence-electron chi connectivity index (χ2n) is 7.10. The summed E-state index contributed by atoms with van der Waals surface area (Å²) in [6, 6.07) is 21.8. The molecular formula is C24H21N3O4S. The largest absolute Gasteiger partial charge is 0.733 e. The highest BCUT2D eigenvalue weighted by Gasteiger charge is 2.27. The smallest absolute Gasteiger partial charge is 0.292 e. The van der Waals surface area contributed by atoms with Crippen molar-refractivity contribution in [2.24, 2.45) is 7.05 Å². The highest BCUT2D eigenvalue weighted by atomic mass is 32.1. The van der Waals surface area contributed by atoms with Gasteiger partial charge in [-0.15, -0.1) is 0 Å². The van der Waals surface area contributed by atoms with Gasteiger partial charge in [-0.3, -0.25) is 10.1 Å².